The fourth-order valence-corrected chi connectivity index (χ4v) is 1.58. The van der Waals surface area contributed by atoms with Gasteiger partial charge in [-0.25, -0.2) is 4.79 Å². The second-order valence-corrected chi connectivity index (χ2v) is 3.85. The Morgan fingerprint density at radius 3 is 2.79 bits per heavy atom. The maximum atomic E-state index is 11.0. The molecule has 0 spiro atoms. The van der Waals surface area contributed by atoms with Crippen molar-refractivity contribution in [1.82, 2.24) is 4.98 Å². The molecule has 0 amide bonds. The first-order valence-electron chi connectivity index (χ1n) is 6.05. The maximum Gasteiger partial charge on any atom is 0.334 e. The van der Waals surface area contributed by atoms with E-state index in [1.165, 1.54) is 6.21 Å². The first-order chi connectivity index (χ1) is 9.31. The summed E-state index contributed by atoms with van der Waals surface area (Å²) < 4.78 is 0. The Labute approximate surface area is 111 Å². The van der Waals surface area contributed by atoms with E-state index in [-0.39, 0.29) is 5.97 Å². The number of nitrogens with zero attached hydrogens (tertiary/aromatic N) is 2. The van der Waals surface area contributed by atoms with Crippen LogP contribution >= 0.6 is 0 Å². The van der Waals surface area contributed by atoms with Crippen LogP contribution in [0.4, 0.5) is 0 Å². The van der Waals surface area contributed by atoms with Gasteiger partial charge in [-0.15, -0.1) is 0 Å². The van der Waals surface area contributed by atoms with Crippen molar-refractivity contribution in [2.24, 2.45) is 5.16 Å². The number of oxime groups is 1. The first kappa shape index (κ1) is 13.0. The fourth-order valence-electron chi connectivity index (χ4n) is 1.58. The van der Waals surface area contributed by atoms with Gasteiger partial charge >= 0.3 is 5.97 Å². The van der Waals surface area contributed by atoms with Gasteiger partial charge in [0.2, 0.25) is 0 Å². The average molecular weight is 254 g/mol. The number of hydrogen-bond donors (Lipinski definition) is 0. The van der Waals surface area contributed by atoms with Crippen LogP contribution < -0.4 is 0 Å². The number of rotatable bonds is 4. The standard InChI is InChI=1S/C15H14N2O2/c1-2-15(18)19-17-11-14-13(9-6-10-16-14)12-7-4-3-5-8-12/h3-11H,2H2,1H3. The van der Waals surface area contributed by atoms with E-state index in [9.17, 15) is 4.79 Å². The van der Waals surface area contributed by atoms with E-state index in [4.69, 9.17) is 0 Å². The van der Waals surface area contributed by atoms with Gasteiger partial charge in [-0.05, 0) is 11.6 Å². The van der Waals surface area contributed by atoms with E-state index < -0.39 is 0 Å². The molecule has 0 N–H and O–H groups in total. The van der Waals surface area contributed by atoms with Crippen molar-refractivity contribution in [2.75, 3.05) is 0 Å². The molecule has 0 saturated heterocycles. The van der Waals surface area contributed by atoms with Crippen LogP contribution in [0.1, 0.15) is 19.0 Å². The molecule has 1 heterocycles. The van der Waals surface area contributed by atoms with E-state index in [1.807, 2.05) is 42.5 Å². The van der Waals surface area contributed by atoms with Crippen LogP contribution in [0.25, 0.3) is 11.1 Å². The molecule has 0 fully saturated rings. The second-order valence-electron chi connectivity index (χ2n) is 3.85. The molecule has 1 aromatic heterocycles. The summed E-state index contributed by atoms with van der Waals surface area (Å²) in [5, 5.41) is 3.66. The van der Waals surface area contributed by atoms with Crippen LogP contribution in [0.5, 0.6) is 0 Å². The van der Waals surface area contributed by atoms with Crippen LogP contribution in [-0.2, 0) is 9.63 Å². The Morgan fingerprint density at radius 1 is 1.26 bits per heavy atom. The molecule has 96 valence electrons. The summed E-state index contributed by atoms with van der Waals surface area (Å²) in [6.07, 6.45) is 3.43. The molecule has 4 heteroatoms. The van der Waals surface area contributed by atoms with Crippen molar-refractivity contribution < 1.29 is 9.63 Å². The molecule has 0 aliphatic rings. The van der Waals surface area contributed by atoms with Crippen LogP contribution in [0, 0.1) is 0 Å². The largest absolute Gasteiger partial charge is 0.334 e. The molecule has 0 saturated carbocycles. The second kappa shape index (κ2) is 6.44. The summed E-state index contributed by atoms with van der Waals surface area (Å²) >= 11 is 0. The van der Waals surface area contributed by atoms with Crippen molar-refractivity contribution in [3.63, 3.8) is 0 Å². The minimum atomic E-state index is -0.367. The monoisotopic (exact) mass is 254 g/mol. The van der Waals surface area contributed by atoms with Crippen LogP contribution in [0.2, 0.25) is 0 Å². The van der Waals surface area contributed by atoms with Crippen molar-refractivity contribution >= 4 is 12.2 Å². The molecule has 0 bridgehead atoms. The normalized spacial score (nSPS) is 10.6. The van der Waals surface area contributed by atoms with Gasteiger partial charge in [-0.2, -0.15) is 0 Å². The molecule has 2 aromatic rings. The summed E-state index contributed by atoms with van der Waals surface area (Å²) in [6, 6.07) is 13.7. The summed E-state index contributed by atoms with van der Waals surface area (Å²) in [5.74, 6) is -0.367. The minimum absolute atomic E-state index is 0.297. The highest BCUT2D eigenvalue weighted by Crippen LogP contribution is 2.20. The molecule has 0 radical (unpaired) electrons. The van der Waals surface area contributed by atoms with E-state index in [2.05, 4.69) is 15.0 Å². The number of carbonyl (C=O) groups is 1. The highest BCUT2D eigenvalue weighted by Gasteiger charge is 2.03. The van der Waals surface area contributed by atoms with E-state index in [0.717, 1.165) is 11.1 Å². The molecule has 0 atom stereocenters. The molecule has 0 aliphatic carbocycles. The predicted octanol–water partition coefficient (Wildman–Crippen LogP) is 3.04. The summed E-state index contributed by atoms with van der Waals surface area (Å²) in [7, 11) is 0. The van der Waals surface area contributed by atoms with E-state index >= 15 is 0 Å². The lowest BCUT2D eigenvalue weighted by Crippen LogP contribution is -1.98. The highest BCUT2D eigenvalue weighted by molar-refractivity contribution is 5.88. The Hall–Kier alpha value is -2.49. The number of pyridine rings is 1. The minimum Gasteiger partial charge on any atom is -0.318 e. The number of carbonyl (C=O) groups excluding carboxylic acids is 1. The first-order valence-corrected chi connectivity index (χ1v) is 6.05. The van der Waals surface area contributed by atoms with Gasteiger partial charge in [0, 0.05) is 18.2 Å². The Morgan fingerprint density at radius 2 is 2.05 bits per heavy atom. The zero-order chi connectivity index (χ0) is 13.5. The summed E-state index contributed by atoms with van der Waals surface area (Å²) in [4.78, 5) is 19.9. The van der Waals surface area contributed by atoms with Crippen molar-refractivity contribution in [3.8, 4) is 11.1 Å². The van der Waals surface area contributed by atoms with Crippen molar-refractivity contribution in [3.05, 3.63) is 54.4 Å². The molecular formula is C15H14N2O2. The van der Waals surface area contributed by atoms with E-state index in [0.29, 0.717) is 12.1 Å². The number of aromatic nitrogens is 1. The van der Waals surface area contributed by atoms with Crippen LogP contribution in [0.15, 0.2) is 53.8 Å². The zero-order valence-corrected chi connectivity index (χ0v) is 10.6. The topological polar surface area (TPSA) is 51.5 Å². The maximum absolute atomic E-state index is 11.0. The lowest BCUT2D eigenvalue weighted by Gasteiger charge is -2.04. The predicted molar refractivity (Wildman–Crippen MR) is 73.7 cm³/mol. The van der Waals surface area contributed by atoms with Crippen LogP contribution in [-0.4, -0.2) is 17.2 Å². The average Bonchev–Trinajstić information content (AvgIpc) is 2.48. The lowest BCUT2D eigenvalue weighted by atomic mass is 10.0. The van der Waals surface area contributed by atoms with Crippen LogP contribution in [0.3, 0.4) is 0 Å². The van der Waals surface area contributed by atoms with Crippen molar-refractivity contribution in [2.45, 2.75) is 13.3 Å². The SMILES string of the molecule is CCC(=O)ON=Cc1ncccc1-c1ccccc1. The molecule has 0 unspecified atom stereocenters. The lowest BCUT2D eigenvalue weighted by molar-refractivity contribution is -0.143. The molecule has 19 heavy (non-hydrogen) atoms. The quantitative estimate of drug-likeness (QED) is 0.478. The van der Waals surface area contributed by atoms with Gasteiger partial charge in [0.1, 0.15) is 0 Å². The third-order valence-electron chi connectivity index (χ3n) is 2.54. The van der Waals surface area contributed by atoms with E-state index in [1.54, 1.807) is 13.1 Å². The molecule has 0 aliphatic heterocycles. The molecule has 4 nitrogen and oxygen atoms in total. The summed E-state index contributed by atoms with van der Waals surface area (Å²) in [5.41, 5.74) is 2.65. The summed E-state index contributed by atoms with van der Waals surface area (Å²) in [6.45, 7) is 1.72. The highest BCUT2D eigenvalue weighted by atomic mass is 16.7. The van der Waals surface area contributed by atoms with Crippen molar-refractivity contribution in [1.29, 1.82) is 0 Å². The zero-order valence-electron chi connectivity index (χ0n) is 10.6. The van der Waals surface area contributed by atoms with Gasteiger partial charge < -0.3 is 4.84 Å². The van der Waals surface area contributed by atoms with Gasteiger partial charge in [-0.1, -0.05) is 48.5 Å². The molecule has 1 aromatic carbocycles. The van der Waals surface area contributed by atoms with Gasteiger partial charge in [0.05, 0.1) is 11.9 Å². The molecular weight excluding hydrogens is 240 g/mol. The third-order valence-corrected chi connectivity index (χ3v) is 2.54. The third kappa shape index (κ3) is 3.48. The Bertz CT molecular complexity index is 580. The Kier molecular flexibility index (Phi) is 4.39. The smallest absolute Gasteiger partial charge is 0.318 e. The number of benzene rings is 1. The van der Waals surface area contributed by atoms with Gasteiger partial charge in [0.25, 0.3) is 0 Å². The van der Waals surface area contributed by atoms with Gasteiger partial charge in [-0.3, -0.25) is 4.98 Å². The molecule has 2 rings (SSSR count). The number of hydrogen-bond acceptors (Lipinski definition) is 4. The van der Waals surface area contributed by atoms with Gasteiger partial charge in [0.15, 0.2) is 0 Å². The fraction of sp³-hybridized carbons (Fsp3) is 0.133. The Balaban J connectivity index is 2.25.